The number of likely N-dealkylation sites (tertiary alicyclic amines) is 1. The quantitative estimate of drug-likeness (QED) is 0.712. The van der Waals surface area contributed by atoms with Gasteiger partial charge in [-0.2, -0.15) is 0 Å². The highest BCUT2D eigenvalue weighted by atomic mass is 16.5. The summed E-state index contributed by atoms with van der Waals surface area (Å²) in [6.07, 6.45) is 3.90. The second kappa shape index (κ2) is 3.22. The molecule has 0 unspecified atom stereocenters. The number of amides is 1. The fraction of sp³-hybridized carbons (Fsp3) is 0.923. The molecule has 3 fully saturated rings. The van der Waals surface area contributed by atoms with E-state index in [0.29, 0.717) is 30.5 Å². The van der Waals surface area contributed by atoms with E-state index < -0.39 is 0 Å². The number of hydrogen-bond acceptors (Lipinski definition) is 2. The smallest absolute Gasteiger partial charge is 0.233 e. The van der Waals surface area contributed by atoms with Gasteiger partial charge in [0.2, 0.25) is 5.91 Å². The summed E-state index contributed by atoms with van der Waals surface area (Å²) in [5.74, 6) is 0.752. The van der Waals surface area contributed by atoms with E-state index in [2.05, 4.69) is 18.7 Å². The van der Waals surface area contributed by atoms with E-state index in [1.807, 2.05) is 0 Å². The molecular formula is C13H21NO2. The molecule has 0 atom stereocenters. The highest BCUT2D eigenvalue weighted by Gasteiger charge is 2.55. The molecule has 90 valence electrons. The third kappa shape index (κ3) is 1.33. The lowest BCUT2D eigenvalue weighted by Crippen LogP contribution is -2.57. The normalized spacial score (nSPS) is 29.6. The van der Waals surface area contributed by atoms with E-state index in [0.717, 1.165) is 13.1 Å². The summed E-state index contributed by atoms with van der Waals surface area (Å²) in [7, 11) is 0. The predicted octanol–water partition coefficient (Wildman–Crippen LogP) is 1.67. The van der Waals surface area contributed by atoms with Crippen LogP contribution < -0.4 is 0 Å². The van der Waals surface area contributed by atoms with E-state index in [1.165, 1.54) is 19.3 Å². The van der Waals surface area contributed by atoms with Crippen molar-refractivity contribution in [1.29, 1.82) is 0 Å². The van der Waals surface area contributed by atoms with Gasteiger partial charge in [-0.3, -0.25) is 4.79 Å². The number of ether oxygens (including phenoxy) is 1. The van der Waals surface area contributed by atoms with Crippen LogP contribution in [0, 0.1) is 16.7 Å². The van der Waals surface area contributed by atoms with Crippen molar-refractivity contribution in [2.75, 3.05) is 26.3 Å². The summed E-state index contributed by atoms with van der Waals surface area (Å²) in [6, 6.07) is 0. The Morgan fingerprint density at radius 3 is 2.31 bits per heavy atom. The Labute approximate surface area is 97.1 Å². The van der Waals surface area contributed by atoms with Crippen LogP contribution in [0.2, 0.25) is 0 Å². The SMILES string of the molecule is CC(C)C1(C(=O)N2CCC3(CC3)C2)COC1. The van der Waals surface area contributed by atoms with Gasteiger partial charge < -0.3 is 9.64 Å². The van der Waals surface area contributed by atoms with Gasteiger partial charge in [-0.15, -0.1) is 0 Å². The molecule has 0 radical (unpaired) electrons. The fourth-order valence-electron chi connectivity index (χ4n) is 3.03. The molecule has 3 heteroatoms. The molecule has 3 rings (SSSR count). The molecule has 0 bridgehead atoms. The fourth-order valence-corrected chi connectivity index (χ4v) is 3.03. The van der Waals surface area contributed by atoms with Crippen LogP contribution >= 0.6 is 0 Å². The lowest BCUT2D eigenvalue weighted by Gasteiger charge is -2.45. The van der Waals surface area contributed by atoms with Crippen molar-refractivity contribution in [2.45, 2.75) is 33.1 Å². The first-order valence-electron chi connectivity index (χ1n) is 6.45. The van der Waals surface area contributed by atoms with Crippen LogP contribution in [0.25, 0.3) is 0 Å². The number of hydrogen-bond donors (Lipinski definition) is 0. The molecule has 1 saturated carbocycles. The molecular weight excluding hydrogens is 202 g/mol. The van der Waals surface area contributed by atoms with Crippen LogP contribution in [0.15, 0.2) is 0 Å². The second-order valence-corrected chi connectivity index (χ2v) is 6.28. The maximum absolute atomic E-state index is 12.6. The Morgan fingerprint density at radius 2 is 1.94 bits per heavy atom. The molecule has 0 N–H and O–H groups in total. The van der Waals surface area contributed by atoms with Gasteiger partial charge in [0.25, 0.3) is 0 Å². The minimum Gasteiger partial charge on any atom is -0.379 e. The molecule has 1 aliphatic carbocycles. The summed E-state index contributed by atoms with van der Waals surface area (Å²) in [5.41, 5.74) is 0.346. The van der Waals surface area contributed by atoms with Gasteiger partial charge in [0.05, 0.1) is 18.6 Å². The lowest BCUT2D eigenvalue weighted by atomic mass is 9.74. The van der Waals surface area contributed by atoms with Crippen molar-refractivity contribution in [2.24, 2.45) is 16.7 Å². The molecule has 0 aromatic rings. The molecule has 2 heterocycles. The van der Waals surface area contributed by atoms with Crippen LogP contribution in [0.1, 0.15) is 33.1 Å². The number of rotatable bonds is 2. The zero-order valence-electron chi connectivity index (χ0n) is 10.3. The molecule has 3 aliphatic rings. The van der Waals surface area contributed by atoms with Gasteiger partial charge in [-0.05, 0) is 30.6 Å². The van der Waals surface area contributed by atoms with Gasteiger partial charge in [-0.25, -0.2) is 0 Å². The molecule has 16 heavy (non-hydrogen) atoms. The number of carbonyl (C=O) groups excluding carboxylic acids is 1. The maximum atomic E-state index is 12.6. The Balaban J connectivity index is 1.72. The van der Waals surface area contributed by atoms with Gasteiger partial charge in [0.15, 0.2) is 0 Å². The van der Waals surface area contributed by atoms with Gasteiger partial charge in [-0.1, -0.05) is 13.8 Å². The summed E-state index contributed by atoms with van der Waals surface area (Å²) < 4.78 is 5.30. The van der Waals surface area contributed by atoms with Gasteiger partial charge in [0, 0.05) is 13.1 Å². The monoisotopic (exact) mass is 223 g/mol. The molecule has 0 aromatic heterocycles. The first kappa shape index (κ1) is 10.6. The van der Waals surface area contributed by atoms with Crippen molar-refractivity contribution >= 4 is 5.91 Å². The minimum absolute atomic E-state index is 0.194. The van der Waals surface area contributed by atoms with Crippen LogP contribution in [-0.4, -0.2) is 37.1 Å². The molecule has 3 nitrogen and oxygen atoms in total. The first-order chi connectivity index (χ1) is 7.58. The van der Waals surface area contributed by atoms with Gasteiger partial charge >= 0.3 is 0 Å². The van der Waals surface area contributed by atoms with Crippen molar-refractivity contribution in [3.05, 3.63) is 0 Å². The maximum Gasteiger partial charge on any atom is 0.233 e. The van der Waals surface area contributed by atoms with E-state index >= 15 is 0 Å². The average molecular weight is 223 g/mol. The highest BCUT2D eigenvalue weighted by molar-refractivity contribution is 5.84. The standard InChI is InChI=1S/C13H21NO2/c1-10(2)13(8-16-9-13)11(15)14-6-5-12(7-14)3-4-12/h10H,3-9H2,1-2H3. The van der Waals surface area contributed by atoms with E-state index in [-0.39, 0.29) is 5.41 Å². The summed E-state index contributed by atoms with van der Waals surface area (Å²) in [5, 5.41) is 0. The molecule has 0 aromatic carbocycles. The van der Waals surface area contributed by atoms with Crippen LogP contribution in [0.5, 0.6) is 0 Å². The van der Waals surface area contributed by atoms with Crippen molar-refractivity contribution < 1.29 is 9.53 Å². The topological polar surface area (TPSA) is 29.5 Å². The summed E-state index contributed by atoms with van der Waals surface area (Å²) in [6.45, 7) is 7.54. The second-order valence-electron chi connectivity index (χ2n) is 6.28. The predicted molar refractivity (Wildman–Crippen MR) is 61.0 cm³/mol. The number of nitrogens with zero attached hydrogens (tertiary/aromatic N) is 1. The Morgan fingerprint density at radius 1 is 1.25 bits per heavy atom. The van der Waals surface area contributed by atoms with E-state index in [4.69, 9.17) is 4.74 Å². The Hall–Kier alpha value is -0.570. The van der Waals surface area contributed by atoms with E-state index in [9.17, 15) is 4.79 Å². The molecule has 1 spiro atoms. The first-order valence-corrected chi connectivity index (χ1v) is 6.45. The summed E-state index contributed by atoms with van der Waals surface area (Å²) in [4.78, 5) is 14.7. The highest BCUT2D eigenvalue weighted by Crippen LogP contribution is 2.53. The third-order valence-corrected chi connectivity index (χ3v) is 4.93. The van der Waals surface area contributed by atoms with Gasteiger partial charge in [0.1, 0.15) is 0 Å². The van der Waals surface area contributed by atoms with Crippen LogP contribution in [0.4, 0.5) is 0 Å². The minimum atomic E-state index is -0.194. The average Bonchev–Trinajstić information content (AvgIpc) is 2.73. The van der Waals surface area contributed by atoms with Crippen LogP contribution in [0.3, 0.4) is 0 Å². The Bertz CT molecular complexity index is 316. The van der Waals surface area contributed by atoms with Crippen molar-refractivity contribution in [1.82, 2.24) is 4.90 Å². The zero-order valence-corrected chi connectivity index (χ0v) is 10.3. The molecule has 2 aliphatic heterocycles. The van der Waals surface area contributed by atoms with E-state index in [1.54, 1.807) is 0 Å². The number of carbonyl (C=O) groups is 1. The largest absolute Gasteiger partial charge is 0.379 e. The molecule has 1 amide bonds. The Kier molecular flexibility index (Phi) is 2.13. The molecule has 2 saturated heterocycles. The van der Waals surface area contributed by atoms with Crippen molar-refractivity contribution in [3.8, 4) is 0 Å². The lowest BCUT2D eigenvalue weighted by molar-refractivity contribution is -0.181. The third-order valence-electron chi connectivity index (χ3n) is 4.93. The zero-order chi connectivity index (χ0) is 11.4. The summed E-state index contributed by atoms with van der Waals surface area (Å²) >= 11 is 0. The van der Waals surface area contributed by atoms with Crippen molar-refractivity contribution in [3.63, 3.8) is 0 Å². The van der Waals surface area contributed by atoms with Crippen LogP contribution in [-0.2, 0) is 9.53 Å².